The number of fused-ring (bicyclic) bond motifs is 1. The Bertz CT molecular complexity index is 510. The first-order valence-electron chi connectivity index (χ1n) is 6.67. The Morgan fingerprint density at radius 2 is 1.89 bits per heavy atom. The molecular formula is C15H22ClNO2. The molecular weight excluding hydrogens is 262 g/mol. The molecule has 2 rings (SSSR count). The first kappa shape index (κ1) is 16.0. The highest BCUT2D eigenvalue weighted by Crippen LogP contribution is 2.30. The molecule has 1 heterocycles. The van der Waals surface area contributed by atoms with Crippen molar-refractivity contribution in [3.8, 4) is 0 Å². The van der Waals surface area contributed by atoms with Crippen molar-refractivity contribution < 1.29 is 9.52 Å². The van der Waals surface area contributed by atoms with E-state index in [0.717, 1.165) is 35.9 Å². The van der Waals surface area contributed by atoms with Crippen molar-refractivity contribution in [1.82, 2.24) is 5.32 Å². The number of benzene rings is 1. The molecule has 1 atom stereocenters. The lowest BCUT2D eigenvalue weighted by Crippen LogP contribution is -2.21. The van der Waals surface area contributed by atoms with E-state index in [2.05, 4.69) is 19.2 Å². The van der Waals surface area contributed by atoms with Gasteiger partial charge in [-0.3, -0.25) is 0 Å². The zero-order valence-corrected chi connectivity index (χ0v) is 12.3. The lowest BCUT2D eigenvalue weighted by Gasteiger charge is -2.09. The van der Waals surface area contributed by atoms with E-state index < -0.39 is 6.10 Å². The first-order valence-corrected chi connectivity index (χ1v) is 6.67. The fourth-order valence-electron chi connectivity index (χ4n) is 2.20. The molecule has 0 aliphatic heterocycles. The van der Waals surface area contributed by atoms with Gasteiger partial charge in [-0.1, -0.05) is 38.1 Å². The van der Waals surface area contributed by atoms with Gasteiger partial charge in [-0.05, 0) is 13.0 Å². The summed E-state index contributed by atoms with van der Waals surface area (Å²) in [6.45, 7) is 5.62. The van der Waals surface area contributed by atoms with Crippen molar-refractivity contribution in [3.63, 3.8) is 0 Å². The van der Waals surface area contributed by atoms with E-state index in [4.69, 9.17) is 4.42 Å². The summed E-state index contributed by atoms with van der Waals surface area (Å²) in [4.78, 5) is 0. The van der Waals surface area contributed by atoms with E-state index in [1.54, 1.807) is 0 Å². The van der Waals surface area contributed by atoms with Gasteiger partial charge in [0.1, 0.15) is 17.6 Å². The quantitative estimate of drug-likeness (QED) is 0.798. The van der Waals surface area contributed by atoms with Crippen LogP contribution in [0.4, 0.5) is 0 Å². The fourth-order valence-corrected chi connectivity index (χ4v) is 2.20. The zero-order chi connectivity index (χ0) is 13.0. The van der Waals surface area contributed by atoms with E-state index in [1.807, 2.05) is 24.3 Å². The summed E-state index contributed by atoms with van der Waals surface area (Å²) in [6, 6.07) is 8.04. The van der Waals surface area contributed by atoms with Gasteiger partial charge in [0, 0.05) is 23.7 Å². The number of hydrogen-bond acceptors (Lipinski definition) is 3. The molecule has 0 saturated carbocycles. The number of aliphatic hydroxyl groups is 1. The topological polar surface area (TPSA) is 45.4 Å². The van der Waals surface area contributed by atoms with Crippen LogP contribution in [0.1, 0.15) is 37.9 Å². The first-order chi connectivity index (χ1) is 8.77. The molecule has 0 aliphatic carbocycles. The van der Waals surface area contributed by atoms with Gasteiger partial charge in [0.2, 0.25) is 0 Å². The molecule has 0 fully saturated rings. The van der Waals surface area contributed by atoms with E-state index >= 15 is 0 Å². The molecule has 19 heavy (non-hydrogen) atoms. The average molecular weight is 284 g/mol. The number of aryl methyl sites for hydroxylation is 1. The maximum Gasteiger partial charge on any atom is 0.141 e. The van der Waals surface area contributed by atoms with Gasteiger partial charge in [-0.25, -0.2) is 0 Å². The Kier molecular flexibility index (Phi) is 6.35. The third kappa shape index (κ3) is 3.50. The minimum absolute atomic E-state index is 0. The molecule has 0 spiro atoms. The highest BCUT2D eigenvalue weighted by molar-refractivity contribution is 5.87. The maximum absolute atomic E-state index is 10.2. The maximum atomic E-state index is 10.2. The predicted molar refractivity (Wildman–Crippen MR) is 81.0 cm³/mol. The second-order valence-electron chi connectivity index (χ2n) is 4.51. The molecule has 4 heteroatoms. The van der Waals surface area contributed by atoms with Crippen LogP contribution in [0.25, 0.3) is 10.8 Å². The van der Waals surface area contributed by atoms with Crippen molar-refractivity contribution in [3.05, 3.63) is 35.8 Å². The van der Waals surface area contributed by atoms with Gasteiger partial charge >= 0.3 is 0 Å². The Morgan fingerprint density at radius 1 is 1.21 bits per heavy atom. The van der Waals surface area contributed by atoms with E-state index in [0.29, 0.717) is 12.3 Å². The number of hydrogen-bond donors (Lipinski definition) is 2. The van der Waals surface area contributed by atoms with E-state index in [9.17, 15) is 5.11 Å². The summed E-state index contributed by atoms with van der Waals surface area (Å²) in [5, 5.41) is 15.6. The molecule has 3 nitrogen and oxygen atoms in total. The molecule has 1 aromatic heterocycles. The van der Waals surface area contributed by atoms with Crippen LogP contribution in [0.15, 0.2) is 28.7 Å². The van der Waals surface area contributed by atoms with E-state index in [1.165, 1.54) is 0 Å². The normalized spacial score (nSPS) is 12.4. The van der Waals surface area contributed by atoms with Crippen LogP contribution in [0.2, 0.25) is 0 Å². The Balaban J connectivity index is 0.00000180. The van der Waals surface area contributed by atoms with Crippen LogP contribution in [-0.4, -0.2) is 18.2 Å². The zero-order valence-electron chi connectivity index (χ0n) is 11.5. The monoisotopic (exact) mass is 283 g/mol. The lowest BCUT2D eigenvalue weighted by molar-refractivity contribution is 0.148. The summed E-state index contributed by atoms with van der Waals surface area (Å²) in [7, 11) is 0. The standard InChI is InChI=1S/C15H21NO2.ClH/c1-3-9-16-10-13(17)15-12-8-6-5-7-11(12)14(4-2)18-15;/h5-8,13,16-17H,3-4,9-10H2,1-2H3;1H. The molecule has 0 bridgehead atoms. The number of nitrogens with one attached hydrogen (secondary N) is 1. The van der Waals surface area contributed by atoms with Crippen molar-refractivity contribution in [2.45, 2.75) is 32.8 Å². The molecule has 0 aliphatic rings. The molecule has 2 aromatic rings. The van der Waals surface area contributed by atoms with Gasteiger partial charge in [0.25, 0.3) is 0 Å². The molecule has 0 radical (unpaired) electrons. The fraction of sp³-hybridized carbons (Fsp3) is 0.467. The van der Waals surface area contributed by atoms with Gasteiger partial charge in [0.15, 0.2) is 0 Å². The minimum atomic E-state index is -0.582. The van der Waals surface area contributed by atoms with Crippen LogP contribution >= 0.6 is 12.4 Å². The van der Waals surface area contributed by atoms with Crippen molar-refractivity contribution in [2.24, 2.45) is 0 Å². The summed E-state index contributed by atoms with van der Waals surface area (Å²) in [5.41, 5.74) is 0. The highest BCUT2D eigenvalue weighted by Gasteiger charge is 2.18. The predicted octanol–water partition coefficient (Wildman–Crippen LogP) is 3.45. The van der Waals surface area contributed by atoms with Crippen molar-refractivity contribution in [2.75, 3.05) is 13.1 Å². The van der Waals surface area contributed by atoms with Gasteiger partial charge < -0.3 is 14.8 Å². The third-order valence-electron chi connectivity index (χ3n) is 3.11. The number of halogens is 1. The molecule has 0 saturated heterocycles. The Hall–Kier alpha value is -1.03. The summed E-state index contributed by atoms with van der Waals surface area (Å²) < 4.78 is 5.82. The summed E-state index contributed by atoms with van der Waals surface area (Å²) >= 11 is 0. The van der Waals surface area contributed by atoms with Gasteiger partial charge in [-0.15, -0.1) is 12.4 Å². The number of aliphatic hydroxyl groups excluding tert-OH is 1. The summed E-state index contributed by atoms with van der Waals surface area (Å²) in [5.74, 6) is 1.64. The van der Waals surface area contributed by atoms with Crippen LogP contribution in [-0.2, 0) is 6.42 Å². The smallest absolute Gasteiger partial charge is 0.141 e. The second-order valence-corrected chi connectivity index (χ2v) is 4.51. The van der Waals surface area contributed by atoms with Crippen LogP contribution in [0, 0.1) is 0 Å². The molecule has 106 valence electrons. The van der Waals surface area contributed by atoms with Crippen LogP contribution in [0.3, 0.4) is 0 Å². The van der Waals surface area contributed by atoms with Crippen molar-refractivity contribution in [1.29, 1.82) is 0 Å². The van der Waals surface area contributed by atoms with Gasteiger partial charge in [-0.2, -0.15) is 0 Å². The average Bonchev–Trinajstić information content (AvgIpc) is 2.78. The molecule has 0 amide bonds. The molecule has 1 aromatic carbocycles. The number of rotatable bonds is 6. The largest absolute Gasteiger partial charge is 0.462 e. The van der Waals surface area contributed by atoms with Crippen LogP contribution < -0.4 is 5.32 Å². The minimum Gasteiger partial charge on any atom is -0.462 e. The van der Waals surface area contributed by atoms with Crippen LogP contribution in [0.5, 0.6) is 0 Å². The van der Waals surface area contributed by atoms with Crippen molar-refractivity contribution >= 4 is 23.2 Å². The van der Waals surface area contributed by atoms with Gasteiger partial charge in [0.05, 0.1) is 0 Å². The highest BCUT2D eigenvalue weighted by atomic mass is 35.5. The number of furan rings is 1. The molecule has 2 N–H and O–H groups in total. The lowest BCUT2D eigenvalue weighted by atomic mass is 10.1. The summed E-state index contributed by atoms with van der Waals surface area (Å²) in [6.07, 6.45) is 1.32. The second kappa shape index (κ2) is 7.53. The Morgan fingerprint density at radius 3 is 2.53 bits per heavy atom. The van der Waals surface area contributed by atoms with E-state index in [-0.39, 0.29) is 12.4 Å². The SMILES string of the molecule is CCCNCC(O)c1oc(CC)c2ccccc12.Cl. The third-order valence-corrected chi connectivity index (χ3v) is 3.11. The Labute approximate surface area is 120 Å². The molecule has 1 unspecified atom stereocenters.